The van der Waals surface area contributed by atoms with Crippen LogP contribution in [0.4, 0.5) is 0 Å². The maximum Gasteiger partial charge on any atom is 0.234 e. The van der Waals surface area contributed by atoms with E-state index in [-0.39, 0.29) is 11.8 Å². The molecule has 0 spiro atoms. The van der Waals surface area contributed by atoms with E-state index in [0.29, 0.717) is 0 Å². The molecule has 4 nitrogen and oxygen atoms in total. The number of nitrogens with zero attached hydrogens (tertiary/aromatic N) is 1. The number of hydrogen-bond acceptors (Lipinski definition) is 2. The Morgan fingerprint density at radius 1 is 1.00 bits per heavy atom. The summed E-state index contributed by atoms with van der Waals surface area (Å²) in [6.45, 7) is 8.28. The van der Waals surface area contributed by atoms with Crippen LogP contribution < -0.4 is 9.64 Å². The molecule has 0 saturated carbocycles. The van der Waals surface area contributed by atoms with Crippen LogP contribution in [0.1, 0.15) is 30.9 Å². The Kier molecular flexibility index (Phi) is 5.39. The van der Waals surface area contributed by atoms with Crippen molar-refractivity contribution in [3.63, 3.8) is 0 Å². The summed E-state index contributed by atoms with van der Waals surface area (Å²) in [6.07, 6.45) is 0. The van der Waals surface area contributed by atoms with E-state index in [0.717, 1.165) is 48.8 Å². The Labute approximate surface area is 150 Å². The van der Waals surface area contributed by atoms with Gasteiger partial charge in [-0.1, -0.05) is 36.4 Å². The molecule has 0 bridgehead atoms. The van der Waals surface area contributed by atoms with Gasteiger partial charge in [0.2, 0.25) is 5.91 Å². The lowest BCUT2D eigenvalue weighted by molar-refractivity contribution is -0.895. The van der Waals surface area contributed by atoms with Crippen LogP contribution >= 0.6 is 0 Å². The first kappa shape index (κ1) is 17.5. The van der Waals surface area contributed by atoms with Crippen molar-refractivity contribution in [1.82, 2.24) is 4.90 Å². The van der Waals surface area contributed by atoms with Gasteiger partial charge in [0, 0.05) is 18.2 Å². The van der Waals surface area contributed by atoms with Crippen LogP contribution in [0.25, 0.3) is 0 Å². The van der Waals surface area contributed by atoms with Crippen molar-refractivity contribution in [2.24, 2.45) is 0 Å². The van der Waals surface area contributed by atoms with Crippen molar-refractivity contribution in [2.45, 2.75) is 19.8 Å². The van der Waals surface area contributed by atoms with Crippen LogP contribution in [0.2, 0.25) is 0 Å². The number of rotatable bonds is 6. The number of ether oxygens (including phenoxy) is 1. The highest BCUT2D eigenvalue weighted by Gasteiger charge is 2.34. The number of benzene rings is 2. The molecule has 25 heavy (non-hydrogen) atoms. The number of nitrogens with one attached hydrogen (secondary N) is 1. The number of carbonyl (C=O) groups is 1. The van der Waals surface area contributed by atoms with E-state index in [4.69, 9.17) is 4.74 Å². The van der Waals surface area contributed by atoms with Gasteiger partial charge in [-0.3, -0.25) is 4.79 Å². The van der Waals surface area contributed by atoms with Crippen LogP contribution in [-0.4, -0.2) is 44.0 Å². The molecule has 3 rings (SSSR count). The number of para-hydroxylation sites is 2. The number of hydrogen-bond donors (Lipinski definition) is 1. The molecule has 0 fully saturated rings. The minimum Gasteiger partial charge on any atom is -0.457 e. The number of carbonyl (C=O) groups excluding carboxylic acids is 1. The van der Waals surface area contributed by atoms with E-state index in [1.54, 1.807) is 0 Å². The van der Waals surface area contributed by atoms with Crippen molar-refractivity contribution in [1.29, 1.82) is 0 Å². The largest absolute Gasteiger partial charge is 0.457 e. The highest BCUT2D eigenvalue weighted by atomic mass is 16.5. The summed E-state index contributed by atoms with van der Waals surface area (Å²) >= 11 is 0. The second kappa shape index (κ2) is 7.70. The summed E-state index contributed by atoms with van der Waals surface area (Å²) in [5.41, 5.74) is 1.90. The van der Waals surface area contributed by atoms with E-state index < -0.39 is 0 Å². The number of quaternary nitrogens is 1. The first-order valence-electron chi connectivity index (χ1n) is 9.10. The van der Waals surface area contributed by atoms with Crippen LogP contribution in [-0.2, 0) is 4.79 Å². The van der Waals surface area contributed by atoms with Gasteiger partial charge in [-0.05, 0) is 26.0 Å². The van der Waals surface area contributed by atoms with E-state index >= 15 is 0 Å². The van der Waals surface area contributed by atoms with Crippen molar-refractivity contribution in [2.75, 3.05) is 33.2 Å². The smallest absolute Gasteiger partial charge is 0.234 e. The van der Waals surface area contributed by atoms with Crippen LogP contribution in [0.15, 0.2) is 48.5 Å². The third-order valence-corrected chi connectivity index (χ3v) is 5.10. The summed E-state index contributed by atoms with van der Waals surface area (Å²) in [7, 11) is 1.91. The molecule has 0 aliphatic carbocycles. The van der Waals surface area contributed by atoms with Gasteiger partial charge in [0.1, 0.15) is 11.5 Å². The highest BCUT2D eigenvalue weighted by Crippen LogP contribution is 2.44. The average Bonchev–Trinajstić information content (AvgIpc) is 2.66. The molecular weight excluding hydrogens is 312 g/mol. The van der Waals surface area contributed by atoms with Gasteiger partial charge in [0.25, 0.3) is 0 Å². The number of likely N-dealkylation sites (N-methyl/N-ethyl adjacent to an activating group) is 2. The summed E-state index contributed by atoms with van der Waals surface area (Å²) in [6, 6.07) is 15.7. The molecule has 2 aromatic carbocycles. The summed E-state index contributed by atoms with van der Waals surface area (Å²) in [5, 5.41) is 0. The van der Waals surface area contributed by atoms with E-state index in [2.05, 4.69) is 13.8 Å². The Hall–Kier alpha value is -2.33. The zero-order chi connectivity index (χ0) is 17.8. The van der Waals surface area contributed by atoms with Gasteiger partial charge in [0.15, 0.2) is 0 Å². The number of fused-ring (bicyclic) bond motifs is 2. The molecule has 0 radical (unpaired) electrons. The van der Waals surface area contributed by atoms with E-state index in [1.165, 1.54) is 4.90 Å². The van der Waals surface area contributed by atoms with Gasteiger partial charge < -0.3 is 14.5 Å². The van der Waals surface area contributed by atoms with Crippen molar-refractivity contribution in [3.05, 3.63) is 59.7 Å². The van der Waals surface area contributed by atoms with Gasteiger partial charge >= 0.3 is 0 Å². The molecule has 0 aromatic heterocycles. The van der Waals surface area contributed by atoms with Crippen LogP contribution in [0, 0.1) is 0 Å². The van der Waals surface area contributed by atoms with Gasteiger partial charge in [-0.25, -0.2) is 0 Å². The SMILES string of the molecule is CC[NH+](CC)CCN(C)C(=O)C1c2ccccc2Oc2ccccc21. The summed E-state index contributed by atoms with van der Waals surface area (Å²) in [4.78, 5) is 16.7. The quantitative estimate of drug-likeness (QED) is 0.876. The van der Waals surface area contributed by atoms with Crippen LogP contribution in [0.5, 0.6) is 11.5 Å². The van der Waals surface area contributed by atoms with E-state index in [9.17, 15) is 4.79 Å². The molecule has 0 unspecified atom stereocenters. The minimum absolute atomic E-state index is 0.134. The maximum atomic E-state index is 13.3. The fourth-order valence-corrected chi connectivity index (χ4v) is 3.44. The molecule has 1 amide bonds. The Balaban J connectivity index is 1.87. The predicted octanol–water partition coefficient (Wildman–Crippen LogP) is 2.31. The zero-order valence-electron chi connectivity index (χ0n) is 15.3. The lowest BCUT2D eigenvalue weighted by Gasteiger charge is -2.30. The molecule has 1 aliphatic heterocycles. The molecule has 4 heteroatoms. The third kappa shape index (κ3) is 3.54. The Morgan fingerprint density at radius 2 is 1.52 bits per heavy atom. The summed E-state index contributed by atoms with van der Waals surface area (Å²) in [5.74, 6) is 1.40. The lowest BCUT2D eigenvalue weighted by atomic mass is 9.87. The fourth-order valence-electron chi connectivity index (χ4n) is 3.44. The molecule has 1 heterocycles. The number of amides is 1. The molecular formula is C21H27N2O2+. The van der Waals surface area contributed by atoms with Crippen molar-refractivity contribution >= 4 is 5.91 Å². The standard InChI is InChI=1S/C21H26N2O2/c1-4-23(5-2)15-14-22(3)21(24)20-16-10-6-8-12-18(16)25-19-13-9-7-11-17(19)20/h6-13,20H,4-5,14-15H2,1-3H3/p+1. The molecule has 0 saturated heterocycles. The maximum absolute atomic E-state index is 13.3. The first-order valence-corrected chi connectivity index (χ1v) is 9.10. The molecule has 2 aromatic rings. The van der Waals surface area contributed by atoms with E-state index in [1.807, 2.05) is 60.5 Å². The van der Waals surface area contributed by atoms with Crippen molar-refractivity contribution < 1.29 is 14.4 Å². The molecule has 1 N–H and O–H groups in total. The topological polar surface area (TPSA) is 34.0 Å². The van der Waals surface area contributed by atoms with Gasteiger partial charge in [-0.2, -0.15) is 0 Å². The predicted molar refractivity (Wildman–Crippen MR) is 99.3 cm³/mol. The third-order valence-electron chi connectivity index (χ3n) is 5.10. The average molecular weight is 339 g/mol. The zero-order valence-corrected chi connectivity index (χ0v) is 15.3. The monoisotopic (exact) mass is 339 g/mol. The van der Waals surface area contributed by atoms with Crippen LogP contribution in [0.3, 0.4) is 0 Å². The lowest BCUT2D eigenvalue weighted by Crippen LogP contribution is -3.12. The Bertz CT molecular complexity index is 695. The highest BCUT2D eigenvalue weighted by molar-refractivity contribution is 5.89. The second-order valence-electron chi connectivity index (χ2n) is 6.58. The molecule has 1 aliphatic rings. The fraction of sp³-hybridized carbons (Fsp3) is 0.381. The van der Waals surface area contributed by atoms with Gasteiger partial charge in [-0.15, -0.1) is 0 Å². The second-order valence-corrected chi connectivity index (χ2v) is 6.58. The molecule has 132 valence electrons. The Morgan fingerprint density at radius 3 is 2.04 bits per heavy atom. The normalized spacial score (nSPS) is 13.1. The summed E-state index contributed by atoms with van der Waals surface area (Å²) < 4.78 is 6.00. The molecule has 0 atom stereocenters. The minimum atomic E-state index is -0.294. The van der Waals surface area contributed by atoms with Gasteiger partial charge in [0.05, 0.1) is 32.1 Å². The van der Waals surface area contributed by atoms with Crippen molar-refractivity contribution in [3.8, 4) is 11.5 Å². The first-order chi connectivity index (χ1) is 12.2.